The molecule has 140 valence electrons. The molecule has 0 radical (unpaired) electrons. The molecule has 8 N–H and O–H groups in total. The average molecular weight is 356 g/mol. The summed E-state index contributed by atoms with van der Waals surface area (Å²) < 4.78 is 14.7. The van der Waals surface area contributed by atoms with Gasteiger partial charge in [0.1, 0.15) is 42.7 Å². The fraction of sp³-hybridized carbons (Fsp3) is 0.917. The van der Waals surface area contributed by atoms with Crippen LogP contribution in [-0.2, 0) is 19.0 Å². The third kappa shape index (κ3) is 3.52. The lowest BCUT2D eigenvalue weighted by Gasteiger charge is -2.44. The van der Waals surface area contributed by atoms with Crippen molar-refractivity contribution in [2.24, 2.45) is 0 Å². The maximum Gasteiger partial charge on any atom is 0.335 e. The number of carboxylic acids is 1. The van der Waals surface area contributed by atoms with E-state index in [-0.39, 0.29) is 0 Å². The molecular weight excluding hydrogens is 336 g/mol. The highest BCUT2D eigenvalue weighted by atomic mass is 16.7. The monoisotopic (exact) mass is 356 g/mol. The summed E-state index contributed by atoms with van der Waals surface area (Å²) in [6.07, 6.45) is -17.8. The largest absolute Gasteiger partial charge is 0.479 e. The van der Waals surface area contributed by atoms with Crippen molar-refractivity contribution in [3.05, 3.63) is 0 Å². The maximum absolute atomic E-state index is 11.0. The highest BCUT2D eigenvalue weighted by Gasteiger charge is 2.51. The van der Waals surface area contributed by atoms with Gasteiger partial charge in [-0.05, 0) is 0 Å². The van der Waals surface area contributed by atoms with Crippen LogP contribution in [0.2, 0.25) is 0 Å². The van der Waals surface area contributed by atoms with Crippen LogP contribution in [0.5, 0.6) is 0 Å². The molecule has 10 atom stereocenters. The summed E-state index contributed by atoms with van der Waals surface area (Å²) in [6, 6.07) is 0. The maximum atomic E-state index is 11.0. The third-order valence-electron chi connectivity index (χ3n) is 3.95. The van der Waals surface area contributed by atoms with Gasteiger partial charge in [-0.2, -0.15) is 0 Å². The molecule has 0 aromatic rings. The number of rotatable bonds is 4. The van der Waals surface area contributed by atoms with E-state index in [0.717, 1.165) is 0 Å². The fourth-order valence-corrected chi connectivity index (χ4v) is 2.54. The highest BCUT2D eigenvalue weighted by molar-refractivity contribution is 5.73. The summed E-state index contributed by atoms with van der Waals surface area (Å²) >= 11 is 0. The molecule has 2 rings (SSSR count). The lowest BCUT2D eigenvalue weighted by Crippen LogP contribution is -2.64. The summed E-state index contributed by atoms with van der Waals surface area (Å²) in [5.74, 6) is -1.64. The van der Waals surface area contributed by atoms with E-state index in [1.165, 1.54) is 0 Å². The van der Waals surface area contributed by atoms with Gasteiger partial charge in [-0.3, -0.25) is 0 Å². The van der Waals surface area contributed by atoms with E-state index in [0.29, 0.717) is 0 Å². The topological polar surface area (TPSA) is 207 Å². The van der Waals surface area contributed by atoms with E-state index in [1.807, 2.05) is 0 Å². The van der Waals surface area contributed by atoms with Crippen molar-refractivity contribution in [1.29, 1.82) is 0 Å². The Morgan fingerprint density at radius 2 is 1.50 bits per heavy atom. The number of carboxylic acid groups (broad SMARTS) is 1. The highest BCUT2D eigenvalue weighted by Crippen LogP contribution is 2.28. The second-order valence-electron chi connectivity index (χ2n) is 5.56. The first-order valence-corrected chi connectivity index (χ1v) is 7.07. The Bertz CT molecular complexity index is 446. The van der Waals surface area contributed by atoms with Gasteiger partial charge in [0, 0.05) is 0 Å². The van der Waals surface area contributed by atoms with E-state index in [9.17, 15) is 35.4 Å². The fourth-order valence-electron chi connectivity index (χ4n) is 2.54. The number of aliphatic carboxylic acids is 1. The minimum absolute atomic E-state index is 0.698. The van der Waals surface area contributed by atoms with Gasteiger partial charge in [0.25, 0.3) is 0 Å². The predicted molar refractivity (Wildman–Crippen MR) is 69.2 cm³/mol. The molecule has 12 heteroatoms. The van der Waals surface area contributed by atoms with Crippen LogP contribution in [0.4, 0.5) is 0 Å². The quantitative estimate of drug-likeness (QED) is 0.238. The summed E-state index contributed by atoms with van der Waals surface area (Å²) in [7, 11) is 0. The van der Waals surface area contributed by atoms with Crippen molar-refractivity contribution < 1.29 is 59.9 Å². The van der Waals surface area contributed by atoms with Gasteiger partial charge >= 0.3 is 5.97 Å². The molecule has 0 aromatic carbocycles. The van der Waals surface area contributed by atoms with Gasteiger partial charge in [0.15, 0.2) is 18.7 Å². The Hall–Kier alpha value is -0.930. The van der Waals surface area contributed by atoms with Crippen molar-refractivity contribution in [1.82, 2.24) is 0 Å². The number of hydrogen-bond acceptors (Lipinski definition) is 11. The average Bonchev–Trinajstić information content (AvgIpc) is 2.54. The van der Waals surface area contributed by atoms with Crippen molar-refractivity contribution in [2.75, 3.05) is 6.61 Å². The molecule has 2 aliphatic heterocycles. The second-order valence-corrected chi connectivity index (χ2v) is 5.56. The first-order valence-electron chi connectivity index (χ1n) is 7.07. The van der Waals surface area contributed by atoms with Crippen molar-refractivity contribution in [3.8, 4) is 0 Å². The lowest BCUT2D eigenvalue weighted by molar-refractivity contribution is -0.357. The molecule has 2 fully saturated rings. The number of hydrogen-bond donors (Lipinski definition) is 8. The van der Waals surface area contributed by atoms with Gasteiger partial charge in [-0.25, -0.2) is 4.79 Å². The van der Waals surface area contributed by atoms with Gasteiger partial charge in [-0.1, -0.05) is 0 Å². The van der Waals surface area contributed by atoms with E-state index in [2.05, 4.69) is 0 Å². The zero-order valence-electron chi connectivity index (χ0n) is 12.2. The SMILES string of the molecule is O=C(O)[C@H]1O[C@@H](O[C@H]2C(O)O[C@H](CO)[C@H](O)[C@@H]2O)[C@H](O)[C@@H](O)[C@@H]1O. The van der Waals surface area contributed by atoms with Gasteiger partial charge in [0.05, 0.1) is 6.61 Å². The standard InChI is InChI=1S/C12H20O12/c13-1-2-3(14)5(16)9(11(21)22-2)24-12-7(18)4(15)6(17)8(23-12)10(19)20/h2-9,11-18,21H,1H2,(H,19,20)/t2-,3+,4+,5+,6+,7-,8+,9-,11?,12+/m1/s1. The number of carbonyl (C=O) groups is 1. The summed E-state index contributed by atoms with van der Waals surface area (Å²) in [5, 5.41) is 76.4. The Labute approximate surface area is 135 Å². The summed E-state index contributed by atoms with van der Waals surface area (Å²) in [5.41, 5.74) is 0. The molecule has 0 aliphatic carbocycles. The third-order valence-corrected chi connectivity index (χ3v) is 3.95. The van der Waals surface area contributed by atoms with Crippen LogP contribution in [0.1, 0.15) is 0 Å². The van der Waals surface area contributed by atoms with Crippen molar-refractivity contribution in [3.63, 3.8) is 0 Å². The van der Waals surface area contributed by atoms with E-state index >= 15 is 0 Å². The molecule has 0 amide bonds. The predicted octanol–water partition coefficient (Wildman–Crippen LogP) is -5.30. The van der Waals surface area contributed by atoms with Gasteiger partial charge in [-0.15, -0.1) is 0 Å². The van der Waals surface area contributed by atoms with Crippen LogP contribution < -0.4 is 0 Å². The molecule has 0 saturated carbocycles. The summed E-state index contributed by atoms with van der Waals surface area (Å²) in [4.78, 5) is 11.0. The van der Waals surface area contributed by atoms with Crippen molar-refractivity contribution in [2.45, 2.75) is 61.4 Å². The second kappa shape index (κ2) is 7.53. The minimum atomic E-state index is -1.93. The molecule has 12 nitrogen and oxygen atoms in total. The smallest absolute Gasteiger partial charge is 0.335 e. The molecule has 0 spiro atoms. The molecule has 0 aromatic heterocycles. The zero-order valence-corrected chi connectivity index (χ0v) is 12.2. The molecule has 2 heterocycles. The Balaban J connectivity index is 2.12. The van der Waals surface area contributed by atoms with E-state index in [1.54, 1.807) is 0 Å². The molecule has 2 saturated heterocycles. The normalized spacial score (nSPS) is 49.8. The first-order chi connectivity index (χ1) is 11.2. The van der Waals surface area contributed by atoms with Crippen LogP contribution in [0.3, 0.4) is 0 Å². The molecule has 0 bridgehead atoms. The molecule has 2 aliphatic rings. The summed E-state index contributed by atoms with van der Waals surface area (Å²) in [6.45, 7) is -0.698. The molecular formula is C12H20O12. The Morgan fingerprint density at radius 1 is 0.875 bits per heavy atom. The number of aliphatic hydroxyl groups is 7. The first kappa shape index (κ1) is 19.4. The van der Waals surface area contributed by atoms with E-state index < -0.39 is 74.0 Å². The van der Waals surface area contributed by atoms with Crippen molar-refractivity contribution >= 4 is 5.97 Å². The molecule has 24 heavy (non-hydrogen) atoms. The van der Waals surface area contributed by atoms with Crippen LogP contribution in [0.15, 0.2) is 0 Å². The lowest BCUT2D eigenvalue weighted by atomic mass is 9.97. The number of ether oxygens (including phenoxy) is 3. The minimum Gasteiger partial charge on any atom is -0.479 e. The van der Waals surface area contributed by atoms with Crippen LogP contribution in [0.25, 0.3) is 0 Å². The zero-order chi connectivity index (χ0) is 18.2. The Morgan fingerprint density at radius 3 is 2.04 bits per heavy atom. The van der Waals surface area contributed by atoms with Gasteiger partial charge < -0.3 is 55.1 Å². The van der Waals surface area contributed by atoms with Crippen LogP contribution in [0, 0.1) is 0 Å². The van der Waals surface area contributed by atoms with Crippen LogP contribution in [-0.4, -0.2) is 115 Å². The van der Waals surface area contributed by atoms with Gasteiger partial charge in [0.2, 0.25) is 0 Å². The number of aliphatic hydroxyl groups excluding tert-OH is 7. The Kier molecular flexibility index (Phi) is 6.09. The molecule has 1 unspecified atom stereocenters. The van der Waals surface area contributed by atoms with Crippen LogP contribution >= 0.6 is 0 Å². The van der Waals surface area contributed by atoms with E-state index in [4.69, 9.17) is 24.4 Å².